The lowest BCUT2D eigenvalue weighted by atomic mass is 10.2. The standard InChI is InChI=1S/C14H21N3O2/c15-11-13(12-16-5-3-1-2-4-6-16)14(18)17-7-9-19-10-8-17/h12H,1-10H2/b13-12-. The molecule has 0 radical (unpaired) electrons. The molecule has 0 aliphatic carbocycles. The molecule has 0 bridgehead atoms. The van der Waals surface area contributed by atoms with Crippen molar-refractivity contribution in [3.63, 3.8) is 0 Å². The first-order valence-corrected chi connectivity index (χ1v) is 7.04. The van der Waals surface area contributed by atoms with E-state index in [-0.39, 0.29) is 11.5 Å². The van der Waals surface area contributed by atoms with Crippen molar-refractivity contribution in [3.8, 4) is 6.07 Å². The van der Waals surface area contributed by atoms with Gasteiger partial charge in [-0.25, -0.2) is 0 Å². The van der Waals surface area contributed by atoms with Crippen LogP contribution in [0.25, 0.3) is 0 Å². The molecule has 0 unspecified atom stereocenters. The molecule has 0 aromatic carbocycles. The number of ether oxygens (including phenoxy) is 1. The number of amides is 1. The highest BCUT2D eigenvalue weighted by atomic mass is 16.5. The van der Waals surface area contributed by atoms with Crippen LogP contribution in [0.3, 0.4) is 0 Å². The Bertz CT molecular complexity index is 373. The summed E-state index contributed by atoms with van der Waals surface area (Å²) in [6.07, 6.45) is 6.51. The molecule has 104 valence electrons. The van der Waals surface area contributed by atoms with Crippen LogP contribution in [-0.2, 0) is 9.53 Å². The van der Waals surface area contributed by atoms with Crippen LogP contribution in [0, 0.1) is 11.3 Å². The summed E-state index contributed by atoms with van der Waals surface area (Å²) in [6.45, 7) is 4.18. The summed E-state index contributed by atoms with van der Waals surface area (Å²) < 4.78 is 5.22. The third-order valence-corrected chi connectivity index (χ3v) is 3.60. The summed E-state index contributed by atoms with van der Waals surface area (Å²) in [5.41, 5.74) is 0.254. The van der Waals surface area contributed by atoms with Gasteiger partial charge in [-0.15, -0.1) is 0 Å². The van der Waals surface area contributed by atoms with Crippen LogP contribution in [0.15, 0.2) is 11.8 Å². The van der Waals surface area contributed by atoms with Gasteiger partial charge in [0.25, 0.3) is 5.91 Å². The number of carbonyl (C=O) groups excluding carboxylic acids is 1. The van der Waals surface area contributed by atoms with Gasteiger partial charge in [-0.1, -0.05) is 12.8 Å². The van der Waals surface area contributed by atoms with E-state index in [1.165, 1.54) is 12.8 Å². The monoisotopic (exact) mass is 263 g/mol. The van der Waals surface area contributed by atoms with Crippen molar-refractivity contribution in [2.45, 2.75) is 25.7 Å². The van der Waals surface area contributed by atoms with Crippen molar-refractivity contribution >= 4 is 5.91 Å². The van der Waals surface area contributed by atoms with Crippen LogP contribution in [-0.4, -0.2) is 55.1 Å². The Hall–Kier alpha value is -1.54. The normalized spacial score (nSPS) is 21.7. The van der Waals surface area contributed by atoms with Gasteiger partial charge in [0.05, 0.1) is 13.2 Å². The molecule has 0 aromatic heterocycles. The van der Waals surface area contributed by atoms with E-state index in [9.17, 15) is 10.1 Å². The Labute approximate surface area is 114 Å². The van der Waals surface area contributed by atoms with Crippen LogP contribution in [0.5, 0.6) is 0 Å². The maximum Gasteiger partial charge on any atom is 0.266 e. The topological polar surface area (TPSA) is 56.6 Å². The molecule has 5 nitrogen and oxygen atoms in total. The van der Waals surface area contributed by atoms with E-state index in [0.717, 1.165) is 25.9 Å². The zero-order chi connectivity index (χ0) is 13.5. The SMILES string of the molecule is N#C/C(=C/N1CCCCCC1)C(=O)N1CCOCC1. The van der Waals surface area contributed by atoms with Crippen molar-refractivity contribution in [2.24, 2.45) is 0 Å². The molecule has 2 saturated heterocycles. The zero-order valence-corrected chi connectivity index (χ0v) is 11.3. The zero-order valence-electron chi connectivity index (χ0n) is 11.3. The molecule has 0 spiro atoms. The van der Waals surface area contributed by atoms with Crippen molar-refractivity contribution in [2.75, 3.05) is 39.4 Å². The van der Waals surface area contributed by atoms with Gasteiger partial charge in [0.2, 0.25) is 0 Å². The largest absolute Gasteiger partial charge is 0.378 e. The molecule has 5 heteroatoms. The Morgan fingerprint density at radius 2 is 1.68 bits per heavy atom. The number of rotatable bonds is 2. The number of morpholine rings is 1. The average molecular weight is 263 g/mol. The van der Waals surface area contributed by atoms with Gasteiger partial charge in [0, 0.05) is 32.4 Å². The third-order valence-electron chi connectivity index (χ3n) is 3.60. The van der Waals surface area contributed by atoms with Gasteiger partial charge in [-0.2, -0.15) is 5.26 Å². The van der Waals surface area contributed by atoms with Gasteiger partial charge in [0.15, 0.2) is 0 Å². The maximum atomic E-state index is 12.2. The summed E-state index contributed by atoms with van der Waals surface area (Å²) in [5, 5.41) is 9.20. The van der Waals surface area contributed by atoms with E-state index < -0.39 is 0 Å². The molecular weight excluding hydrogens is 242 g/mol. The summed E-state index contributed by atoms with van der Waals surface area (Å²) in [4.78, 5) is 16.1. The first-order chi connectivity index (χ1) is 9.31. The molecule has 19 heavy (non-hydrogen) atoms. The van der Waals surface area contributed by atoms with Gasteiger partial charge in [-0.05, 0) is 12.8 Å². The van der Waals surface area contributed by atoms with Crippen molar-refractivity contribution in [3.05, 3.63) is 11.8 Å². The van der Waals surface area contributed by atoms with Gasteiger partial charge in [-0.3, -0.25) is 4.79 Å². The molecule has 0 saturated carbocycles. The van der Waals surface area contributed by atoms with E-state index in [0.29, 0.717) is 26.3 Å². The second-order valence-electron chi connectivity index (χ2n) is 5.01. The fourth-order valence-corrected chi connectivity index (χ4v) is 2.48. The van der Waals surface area contributed by atoms with Gasteiger partial charge in [0.1, 0.15) is 11.6 Å². The first-order valence-electron chi connectivity index (χ1n) is 7.04. The number of hydrogen-bond donors (Lipinski definition) is 0. The van der Waals surface area contributed by atoms with Crippen LogP contribution >= 0.6 is 0 Å². The molecule has 2 heterocycles. The quantitative estimate of drug-likeness (QED) is 0.553. The predicted molar refractivity (Wildman–Crippen MR) is 71.1 cm³/mol. The predicted octanol–water partition coefficient (Wildman–Crippen LogP) is 1.13. The van der Waals surface area contributed by atoms with Gasteiger partial charge >= 0.3 is 0 Å². The van der Waals surface area contributed by atoms with E-state index in [1.807, 2.05) is 0 Å². The minimum absolute atomic E-state index is 0.157. The summed E-state index contributed by atoms with van der Waals surface area (Å²) in [7, 11) is 0. The Kier molecular flexibility index (Phi) is 5.22. The van der Waals surface area contributed by atoms with Crippen molar-refractivity contribution < 1.29 is 9.53 Å². The van der Waals surface area contributed by atoms with E-state index in [4.69, 9.17) is 4.74 Å². The molecule has 0 aromatic rings. The summed E-state index contributed by atoms with van der Waals surface area (Å²) in [6, 6.07) is 2.05. The van der Waals surface area contributed by atoms with E-state index in [2.05, 4.69) is 11.0 Å². The number of nitriles is 1. The van der Waals surface area contributed by atoms with E-state index >= 15 is 0 Å². The Morgan fingerprint density at radius 1 is 1.05 bits per heavy atom. The second kappa shape index (κ2) is 7.15. The molecule has 0 atom stereocenters. The molecule has 0 N–H and O–H groups in total. The number of nitrogens with zero attached hydrogens (tertiary/aromatic N) is 3. The number of hydrogen-bond acceptors (Lipinski definition) is 4. The second-order valence-corrected chi connectivity index (χ2v) is 5.01. The van der Waals surface area contributed by atoms with Crippen molar-refractivity contribution in [1.82, 2.24) is 9.80 Å². The minimum Gasteiger partial charge on any atom is -0.378 e. The Morgan fingerprint density at radius 3 is 2.26 bits per heavy atom. The lowest BCUT2D eigenvalue weighted by molar-refractivity contribution is -0.130. The van der Waals surface area contributed by atoms with Crippen LogP contribution in [0.2, 0.25) is 0 Å². The van der Waals surface area contributed by atoms with Gasteiger partial charge < -0.3 is 14.5 Å². The third kappa shape index (κ3) is 3.97. The highest BCUT2D eigenvalue weighted by Gasteiger charge is 2.21. The fourth-order valence-electron chi connectivity index (χ4n) is 2.48. The first kappa shape index (κ1) is 13.9. The molecule has 1 amide bonds. The van der Waals surface area contributed by atoms with Crippen LogP contribution in [0.1, 0.15) is 25.7 Å². The maximum absolute atomic E-state index is 12.2. The fraction of sp³-hybridized carbons (Fsp3) is 0.714. The highest BCUT2D eigenvalue weighted by Crippen LogP contribution is 2.12. The van der Waals surface area contributed by atoms with Crippen molar-refractivity contribution in [1.29, 1.82) is 5.26 Å². The Balaban J connectivity index is 2.01. The molecular formula is C14H21N3O2. The molecule has 2 aliphatic heterocycles. The molecule has 2 aliphatic rings. The molecule has 2 rings (SSSR count). The number of likely N-dealkylation sites (tertiary alicyclic amines) is 1. The van der Waals surface area contributed by atoms with Crippen LogP contribution in [0.4, 0.5) is 0 Å². The summed E-state index contributed by atoms with van der Waals surface area (Å²) in [5.74, 6) is -0.157. The highest BCUT2D eigenvalue weighted by molar-refractivity contribution is 5.97. The molecule has 2 fully saturated rings. The lowest BCUT2D eigenvalue weighted by Gasteiger charge is -2.27. The smallest absolute Gasteiger partial charge is 0.266 e. The number of carbonyl (C=O) groups is 1. The lowest BCUT2D eigenvalue weighted by Crippen LogP contribution is -2.41. The van der Waals surface area contributed by atoms with Crippen LogP contribution < -0.4 is 0 Å². The minimum atomic E-state index is -0.157. The summed E-state index contributed by atoms with van der Waals surface area (Å²) >= 11 is 0. The average Bonchev–Trinajstić information content (AvgIpc) is 2.73. The van der Waals surface area contributed by atoms with E-state index in [1.54, 1.807) is 11.1 Å².